The Kier molecular flexibility index (Phi) is 4.09. The highest BCUT2D eigenvalue weighted by atomic mass is 19.1. The second-order valence-electron chi connectivity index (χ2n) is 6.20. The van der Waals surface area contributed by atoms with Gasteiger partial charge in [-0.05, 0) is 43.1 Å². The molecule has 1 saturated heterocycles. The molecule has 1 aliphatic rings. The Labute approximate surface area is 140 Å². The number of aromatic amines is 1. The summed E-state index contributed by atoms with van der Waals surface area (Å²) in [5.74, 6) is -0.234. The lowest BCUT2D eigenvalue weighted by atomic mass is 10.0. The number of rotatable bonds is 4. The minimum absolute atomic E-state index is 0.234. The summed E-state index contributed by atoms with van der Waals surface area (Å²) >= 11 is 0. The maximum absolute atomic E-state index is 13.5. The largest absolute Gasteiger partial charge is 0.292 e. The second-order valence-corrected chi connectivity index (χ2v) is 6.20. The molecule has 1 fully saturated rings. The quantitative estimate of drug-likeness (QED) is 0.791. The Morgan fingerprint density at radius 2 is 2.17 bits per heavy atom. The molecule has 0 spiro atoms. The summed E-state index contributed by atoms with van der Waals surface area (Å²) in [4.78, 5) is 6.70. The van der Waals surface area contributed by atoms with Crippen molar-refractivity contribution in [3.63, 3.8) is 0 Å². The molecule has 3 heterocycles. The Morgan fingerprint density at radius 3 is 3.00 bits per heavy atom. The number of pyridine rings is 1. The maximum Gasteiger partial charge on any atom is 0.123 e. The molecular weight excluding hydrogens is 303 g/mol. The van der Waals surface area contributed by atoms with E-state index in [1.54, 1.807) is 18.3 Å². The van der Waals surface area contributed by atoms with Crippen molar-refractivity contribution in [1.82, 2.24) is 20.1 Å². The Morgan fingerprint density at radius 1 is 1.21 bits per heavy atom. The van der Waals surface area contributed by atoms with Gasteiger partial charge in [0.1, 0.15) is 5.82 Å². The minimum Gasteiger partial charge on any atom is -0.292 e. The first-order valence-electron chi connectivity index (χ1n) is 8.23. The number of likely N-dealkylation sites (tertiary alicyclic amines) is 1. The minimum atomic E-state index is -0.234. The van der Waals surface area contributed by atoms with E-state index in [-0.39, 0.29) is 5.82 Å². The topological polar surface area (TPSA) is 44.8 Å². The molecule has 24 heavy (non-hydrogen) atoms. The van der Waals surface area contributed by atoms with E-state index in [1.807, 2.05) is 24.5 Å². The number of hydrogen-bond acceptors (Lipinski definition) is 3. The van der Waals surface area contributed by atoms with Crippen LogP contribution in [0.5, 0.6) is 0 Å². The van der Waals surface area contributed by atoms with Crippen LogP contribution in [0.2, 0.25) is 0 Å². The van der Waals surface area contributed by atoms with Crippen LogP contribution in [-0.2, 0) is 6.54 Å². The molecule has 0 amide bonds. The fraction of sp³-hybridized carbons (Fsp3) is 0.263. The van der Waals surface area contributed by atoms with Crippen molar-refractivity contribution in [3.05, 3.63) is 71.9 Å². The van der Waals surface area contributed by atoms with Gasteiger partial charge in [-0.3, -0.25) is 15.0 Å². The molecule has 1 aliphatic heterocycles. The molecule has 0 bridgehead atoms. The molecule has 1 N–H and O–H groups in total. The van der Waals surface area contributed by atoms with Crippen LogP contribution < -0.4 is 0 Å². The number of nitrogens with one attached hydrogen (secondary N) is 1. The van der Waals surface area contributed by atoms with Gasteiger partial charge in [0.15, 0.2) is 0 Å². The number of nitrogens with zero attached hydrogens (tertiary/aromatic N) is 3. The zero-order valence-electron chi connectivity index (χ0n) is 13.3. The third kappa shape index (κ3) is 2.95. The third-order valence-corrected chi connectivity index (χ3v) is 4.64. The predicted octanol–water partition coefficient (Wildman–Crippen LogP) is 3.95. The standard InChI is InChI=1S/C19H19FN4/c20-17-6-1-4-14(10-17)19-16(12-22-23-19)13-24-9-3-7-18(24)15-5-2-8-21-11-15/h1-2,4-6,8,10-12,18H,3,7,9,13H2,(H,22,23). The van der Waals surface area contributed by atoms with Gasteiger partial charge in [0.25, 0.3) is 0 Å². The lowest BCUT2D eigenvalue weighted by molar-refractivity contribution is 0.248. The summed E-state index contributed by atoms with van der Waals surface area (Å²) < 4.78 is 13.5. The molecule has 1 aromatic carbocycles. The molecule has 4 rings (SSSR count). The summed E-state index contributed by atoms with van der Waals surface area (Å²) in [5.41, 5.74) is 4.08. The number of benzene rings is 1. The van der Waals surface area contributed by atoms with Gasteiger partial charge in [0, 0.05) is 36.1 Å². The Balaban J connectivity index is 1.59. The van der Waals surface area contributed by atoms with E-state index in [0.717, 1.165) is 36.3 Å². The van der Waals surface area contributed by atoms with Crippen LogP contribution in [0.25, 0.3) is 11.3 Å². The van der Waals surface area contributed by atoms with Crippen LogP contribution in [0, 0.1) is 5.82 Å². The van der Waals surface area contributed by atoms with Gasteiger partial charge in [0.05, 0.1) is 11.9 Å². The molecule has 2 aromatic heterocycles. The molecule has 0 saturated carbocycles. The average Bonchev–Trinajstić information content (AvgIpc) is 3.25. The molecule has 4 nitrogen and oxygen atoms in total. The van der Waals surface area contributed by atoms with Gasteiger partial charge in [0.2, 0.25) is 0 Å². The van der Waals surface area contributed by atoms with Crippen LogP contribution in [0.1, 0.15) is 30.0 Å². The van der Waals surface area contributed by atoms with Crippen LogP contribution in [-0.4, -0.2) is 26.6 Å². The van der Waals surface area contributed by atoms with Crippen molar-refractivity contribution in [2.75, 3.05) is 6.54 Å². The van der Waals surface area contributed by atoms with Crippen molar-refractivity contribution in [2.24, 2.45) is 0 Å². The van der Waals surface area contributed by atoms with Crippen molar-refractivity contribution in [1.29, 1.82) is 0 Å². The first-order valence-corrected chi connectivity index (χ1v) is 8.23. The van der Waals surface area contributed by atoms with Gasteiger partial charge < -0.3 is 0 Å². The molecule has 1 atom stereocenters. The van der Waals surface area contributed by atoms with E-state index in [1.165, 1.54) is 18.1 Å². The first-order chi connectivity index (χ1) is 11.8. The van der Waals surface area contributed by atoms with Crippen molar-refractivity contribution >= 4 is 0 Å². The van der Waals surface area contributed by atoms with E-state index < -0.39 is 0 Å². The zero-order valence-corrected chi connectivity index (χ0v) is 13.3. The highest BCUT2D eigenvalue weighted by Gasteiger charge is 2.27. The number of H-pyrrole nitrogens is 1. The molecule has 122 valence electrons. The number of halogens is 1. The summed E-state index contributed by atoms with van der Waals surface area (Å²) in [6, 6.07) is 11.1. The number of hydrogen-bond donors (Lipinski definition) is 1. The maximum atomic E-state index is 13.5. The highest BCUT2D eigenvalue weighted by molar-refractivity contribution is 5.62. The molecule has 0 radical (unpaired) electrons. The van der Waals surface area contributed by atoms with Gasteiger partial charge in [-0.1, -0.05) is 18.2 Å². The monoisotopic (exact) mass is 322 g/mol. The van der Waals surface area contributed by atoms with Gasteiger partial charge in [-0.2, -0.15) is 5.10 Å². The normalized spacial score (nSPS) is 18.1. The van der Waals surface area contributed by atoms with E-state index >= 15 is 0 Å². The summed E-state index contributed by atoms with van der Waals surface area (Å²) in [7, 11) is 0. The SMILES string of the molecule is Fc1cccc(-c2[nH]ncc2CN2CCCC2c2cccnc2)c1. The zero-order chi connectivity index (χ0) is 16.4. The Bertz CT molecular complexity index is 815. The summed E-state index contributed by atoms with van der Waals surface area (Å²) in [6.07, 6.45) is 7.91. The second kappa shape index (κ2) is 6.53. The first kappa shape index (κ1) is 15.0. The average molecular weight is 322 g/mol. The lowest BCUT2D eigenvalue weighted by Gasteiger charge is -2.24. The fourth-order valence-electron chi connectivity index (χ4n) is 3.51. The van der Waals surface area contributed by atoms with Crippen LogP contribution in [0.3, 0.4) is 0 Å². The van der Waals surface area contributed by atoms with Crippen LogP contribution in [0.4, 0.5) is 4.39 Å². The third-order valence-electron chi connectivity index (χ3n) is 4.64. The number of aromatic nitrogens is 3. The lowest BCUT2D eigenvalue weighted by Crippen LogP contribution is -2.22. The molecule has 5 heteroatoms. The van der Waals surface area contributed by atoms with Crippen molar-refractivity contribution < 1.29 is 4.39 Å². The van der Waals surface area contributed by atoms with Crippen molar-refractivity contribution in [2.45, 2.75) is 25.4 Å². The summed E-state index contributed by atoms with van der Waals surface area (Å²) in [6.45, 7) is 1.84. The smallest absolute Gasteiger partial charge is 0.123 e. The van der Waals surface area contributed by atoms with E-state index in [4.69, 9.17) is 0 Å². The Hall–Kier alpha value is -2.53. The summed E-state index contributed by atoms with van der Waals surface area (Å²) in [5, 5.41) is 7.20. The highest BCUT2D eigenvalue weighted by Crippen LogP contribution is 2.34. The van der Waals surface area contributed by atoms with E-state index in [9.17, 15) is 4.39 Å². The molecule has 3 aromatic rings. The fourth-order valence-corrected chi connectivity index (χ4v) is 3.51. The van der Waals surface area contributed by atoms with Crippen molar-refractivity contribution in [3.8, 4) is 11.3 Å². The van der Waals surface area contributed by atoms with E-state index in [2.05, 4.69) is 26.1 Å². The van der Waals surface area contributed by atoms with Gasteiger partial charge >= 0.3 is 0 Å². The van der Waals surface area contributed by atoms with Crippen LogP contribution >= 0.6 is 0 Å². The molecule has 1 unspecified atom stereocenters. The van der Waals surface area contributed by atoms with Gasteiger partial charge in [-0.25, -0.2) is 4.39 Å². The van der Waals surface area contributed by atoms with E-state index in [0.29, 0.717) is 6.04 Å². The predicted molar refractivity (Wildman–Crippen MR) is 90.6 cm³/mol. The van der Waals surface area contributed by atoms with Gasteiger partial charge in [-0.15, -0.1) is 0 Å². The molecule has 0 aliphatic carbocycles. The molecular formula is C19H19FN4. The van der Waals surface area contributed by atoms with Crippen LogP contribution in [0.15, 0.2) is 55.0 Å².